The molecule has 39 heavy (non-hydrogen) atoms. The molecule has 0 aliphatic heterocycles. The molecule has 3 fully saturated rings. The zero-order valence-electron chi connectivity index (χ0n) is 22.7. The molecule has 2 aromatic rings. The van der Waals surface area contributed by atoms with Crippen LogP contribution in [0, 0.1) is 18.8 Å². The molecule has 1 aromatic heterocycles. The Balaban J connectivity index is 0.000000648. The van der Waals surface area contributed by atoms with Crippen LogP contribution < -0.4 is 0 Å². The number of rotatable bonds is 9. The van der Waals surface area contributed by atoms with E-state index in [0.29, 0.717) is 68.4 Å². The Morgan fingerprint density at radius 2 is 1.54 bits per heavy atom. The van der Waals surface area contributed by atoms with Crippen molar-refractivity contribution in [3.05, 3.63) is 47.4 Å². The summed E-state index contributed by atoms with van der Waals surface area (Å²) in [4.78, 5) is 17.4. The highest BCUT2D eigenvalue weighted by molar-refractivity contribution is 7.90. The number of carboxylic acids is 1. The van der Waals surface area contributed by atoms with E-state index >= 15 is 0 Å². The standard InChI is InChI=1S/C26H34N2O5S.CH4O3S/c1-18-22(34(2,31)32)28(16-19-8-9-19)23(27-18)26(33-17-20-10-11-20)14-12-25(13-15-26,24(29)30)21-6-4-3-5-7-21;1-5(2,3)4/h3-7,19-20H,8-17H2,1-2H3,(H,29,30);1H3,(H,2,3,4)/t25-,26-;. The van der Waals surface area contributed by atoms with Gasteiger partial charge in [-0.1, -0.05) is 30.3 Å². The molecule has 1 aromatic carbocycles. The van der Waals surface area contributed by atoms with Crippen LogP contribution in [0.3, 0.4) is 0 Å². The molecule has 0 saturated heterocycles. The number of nitrogens with zero attached hydrogens (tertiary/aromatic N) is 2. The first kappa shape index (κ1) is 29.7. The van der Waals surface area contributed by atoms with Gasteiger partial charge in [0.05, 0.1) is 24.0 Å². The minimum atomic E-state index is -3.67. The third-order valence-corrected chi connectivity index (χ3v) is 9.14. The van der Waals surface area contributed by atoms with E-state index in [4.69, 9.17) is 14.3 Å². The Labute approximate surface area is 230 Å². The normalized spacial score (nSPS) is 25.5. The Kier molecular flexibility index (Phi) is 8.33. The minimum absolute atomic E-state index is 0.280. The van der Waals surface area contributed by atoms with Crippen molar-refractivity contribution in [1.29, 1.82) is 0 Å². The van der Waals surface area contributed by atoms with Crippen molar-refractivity contribution >= 4 is 25.9 Å². The van der Waals surface area contributed by atoms with Gasteiger partial charge < -0.3 is 14.4 Å². The Bertz CT molecular complexity index is 1390. The van der Waals surface area contributed by atoms with Gasteiger partial charge >= 0.3 is 5.97 Å². The van der Waals surface area contributed by atoms with Gasteiger partial charge in [-0.05, 0) is 75.7 Å². The highest BCUT2D eigenvalue weighted by atomic mass is 32.2. The van der Waals surface area contributed by atoms with Gasteiger partial charge in [-0.25, -0.2) is 13.4 Å². The van der Waals surface area contributed by atoms with E-state index in [1.807, 2.05) is 34.9 Å². The summed E-state index contributed by atoms with van der Waals surface area (Å²) in [5.74, 6) is 0.840. The average molecular weight is 583 g/mol. The summed E-state index contributed by atoms with van der Waals surface area (Å²) in [5.41, 5.74) is -0.437. The number of hydrogen-bond donors (Lipinski definition) is 2. The van der Waals surface area contributed by atoms with Gasteiger partial charge in [-0.3, -0.25) is 9.35 Å². The maximum Gasteiger partial charge on any atom is 0.314 e. The topological polar surface area (TPSA) is 153 Å². The highest BCUT2D eigenvalue weighted by Crippen LogP contribution is 2.51. The molecule has 2 N–H and O–H groups in total. The van der Waals surface area contributed by atoms with Crippen molar-refractivity contribution in [3.8, 4) is 0 Å². The molecule has 0 amide bonds. The fourth-order valence-corrected chi connectivity index (χ4v) is 6.70. The van der Waals surface area contributed by atoms with Crippen LogP contribution in [-0.2, 0) is 47.0 Å². The van der Waals surface area contributed by atoms with Crippen molar-refractivity contribution in [2.75, 3.05) is 19.1 Å². The molecule has 10 nitrogen and oxygen atoms in total. The van der Waals surface area contributed by atoms with Gasteiger partial charge in [-0.2, -0.15) is 8.42 Å². The maximum atomic E-state index is 12.8. The number of imidazole rings is 1. The molecule has 5 rings (SSSR count). The highest BCUT2D eigenvalue weighted by Gasteiger charge is 2.52. The fraction of sp³-hybridized carbons (Fsp3) is 0.630. The molecule has 3 aliphatic carbocycles. The van der Waals surface area contributed by atoms with Gasteiger partial charge in [0.1, 0.15) is 11.4 Å². The maximum absolute atomic E-state index is 12.8. The molecule has 216 valence electrons. The van der Waals surface area contributed by atoms with Gasteiger partial charge in [0.2, 0.25) is 0 Å². The van der Waals surface area contributed by atoms with Crippen LogP contribution in [0.4, 0.5) is 0 Å². The summed E-state index contributed by atoms with van der Waals surface area (Å²) in [5, 5.41) is 10.6. The summed E-state index contributed by atoms with van der Waals surface area (Å²) in [6, 6.07) is 9.46. The molecule has 0 spiro atoms. The van der Waals surface area contributed by atoms with Gasteiger partial charge in [0, 0.05) is 12.8 Å². The molecule has 0 unspecified atom stereocenters. The largest absolute Gasteiger partial charge is 0.481 e. The molecule has 0 radical (unpaired) electrons. The summed E-state index contributed by atoms with van der Waals surface area (Å²) < 4.78 is 59.9. The minimum Gasteiger partial charge on any atom is -0.481 e. The summed E-state index contributed by atoms with van der Waals surface area (Å²) in [6.45, 7) is 2.98. The molecular formula is C27H38N2O8S2. The van der Waals surface area contributed by atoms with Crippen molar-refractivity contribution in [2.45, 2.75) is 80.9 Å². The fourth-order valence-electron chi connectivity index (χ4n) is 5.56. The van der Waals surface area contributed by atoms with Gasteiger partial charge in [0.15, 0.2) is 14.9 Å². The van der Waals surface area contributed by atoms with Crippen molar-refractivity contribution in [1.82, 2.24) is 9.55 Å². The number of aromatic nitrogens is 2. The van der Waals surface area contributed by atoms with Gasteiger partial charge in [0.25, 0.3) is 10.1 Å². The van der Waals surface area contributed by atoms with E-state index in [0.717, 1.165) is 31.2 Å². The van der Waals surface area contributed by atoms with Crippen LogP contribution in [0.5, 0.6) is 0 Å². The lowest BCUT2D eigenvalue weighted by Gasteiger charge is -2.44. The lowest BCUT2D eigenvalue weighted by molar-refractivity contribution is -0.151. The van der Waals surface area contributed by atoms with Gasteiger partial charge in [-0.15, -0.1) is 0 Å². The number of ether oxygens (including phenoxy) is 1. The Morgan fingerprint density at radius 1 is 1.00 bits per heavy atom. The SMILES string of the molecule is CS(=O)(=O)O.Cc1nc([C@]2(OCC3CC3)CC[C@@](C(=O)O)(c3ccccc3)CC2)n(CC2CC2)c1S(C)(=O)=O. The molecule has 3 saturated carbocycles. The predicted octanol–water partition coefficient (Wildman–Crippen LogP) is 3.73. The number of sulfone groups is 1. The first-order valence-corrected chi connectivity index (χ1v) is 17.0. The zero-order valence-corrected chi connectivity index (χ0v) is 24.3. The second-order valence-electron chi connectivity index (χ2n) is 11.4. The van der Waals surface area contributed by atoms with Crippen LogP contribution in [-0.4, -0.2) is 61.1 Å². The Hall–Kier alpha value is -2.28. The second kappa shape index (κ2) is 10.9. The summed E-state index contributed by atoms with van der Waals surface area (Å²) in [7, 11) is -7.14. The second-order valence-corrected chi connectivity index (χ2v) is 14.8. The van der Waals surface area contributed by atoms with Crippen molar-refractivity contribution < 1.29 is 36.0 Å². The summed E-state index contributed by atoms with van der Waals surface area (Å²) in [6.07, 6.45) is 8.24. The van der Waals surface area contributed by atoms with E-state index in [9.17, 15) is 26.7 Å². The predicted molar refractivity (Wildman–Crippen MR) is 145 cm³/mol. The van der Waals surface area contributed by atoms with Crippen LogP contribution >= 0.6 is 0 Å². The lowest BCUT2D eigenvalue weighted by Crippen LogP contribution is -2.47. The molecular weight excluding hydrogens is 544 g/mol. The van der Waals surface area contributed by atoms with E-state index in [1.165, 1.54) is 6.26 Å². The van der Waals surface area contributed by atoms with Crippen LogP contribution in [0.1, 0.15) is 68.4 Å². The number of aliphatic carboxylic acids is 1. The number of carboxylic acid groups (broad SMARTS) is 1. The molecule has 12 heteroatoms. The van der Waals surface area contributed by atoms with E-state index < -0.39 is 36.9 Å². The molecule has 1 heterocycles. The molecule has 0 atom stereocenters. The van der Waals surface area contributed by atoms with Crippen LogP contribution in [0.15, 0.2) is 35.4 Å². The molecule has 0 bridgehead atoms. The van der Waals surface area contributed by atoms with Crippen molar-refractivity contribution in [2.24, 2.45) is 11.8 Å². The third-order valence-electron chi connectivity index (χ3n) is 7.92. The zero-order chi connectivity index (χ0) is 28.6. The lowest BCUT2D eigenvalue weighted by atomic mass is 9.65. The number of benzene rings is 1. The first-order chi connectivity index (χ1) is 18.1. The van der Waals surface area contributed by atoms with Crippen LogP contribution in [0.25, 0.3) is 0 Å². The monoisotopic (exact) mass is 582 g/mol. The summed E-state index contributed by atoms with van der Waals surface area (Å²) >= 11 is 0. The van der Waals surface area contributed by atoms with E-state index in [-0.39, 0.29) is 5.03 Å². The quantitative estimate of drug-likeness (QED) is 0.421. The number of aryl methyl sites for hydroxylation is 1. The average Bonchev–Trinajstić information content (AvgIpc) is 3.76. The number of carbonyl (C=O) groups is 1. The third kappa shape index (κ3) is 7.08. The first-order valence-electron chi connectivity index (χ1n) is 13.3. The van der Waals surface area contributed by atoms with E-state index in [1.54, 1.807) is 6.92 Å². The van der Waals surface area contributed by atoms with Crippen molar-refractivity contribution in [3.63, 3.8) is 0 Å². The van der Waals surface area contributed by atoms with E-state index in [2.05, 4.69) is 0 Å². The number of hydrogen-bond acceptors (Lipinski definition) is 7. The Morgan fingerprint density at radius 3 is 2.00 bits per heavy atom. The smallest absolute Gasteiger partial charge is 0.314 e. The van der Waals surface area contributed by atoms with Crippen LogP contribution in [0.2, 0.25) is 0 Å². The molecule has 3 aliphatic rings.